The van der Waals surface area contributed by atoms with E-state index in [0.29, 0.717) is 5.56 Å². The number of benzene rings is 3. The summed E-state index contributed by atoms with van der Waals surface area (Å²) in [6.45, 7) is 1.89. The molecule has 0 aromatic heterocycles. The predicted molar refractivity (Wildman–Crippen MR) is 115 cm³/mol. The predicted octanol–water partition coefficient (Wildman–Crippen LogP) is 5.37. The van der Waals surface area contributed by atoms with Gasteiger partial charge in [0.1, 0.15) is 29.2 Å². The van der Waals surface area contributed by atoms with Gasteiger partial charge in [-0.05, 0) is 55.0 Å². The van der Waals surface area contributed by atoms with Crippen LogP contribution in [0.5, 0.6) is 17.2 Å². The van der Waals surface area contributed by atoms with Crippen LogP contribution in [0.4, 0.5) is 4.39 Å². The number of esters is 1. The van der Waals surface area contributed by atoms with Crippen molar-refractivity contribution in [1.29, 1.82) is 0 Å². The van der Waals surface area contributed by atoms with E-state index in [1.54, 1.807) is 12.1 Å². The van der Waals surface area contributed by atoms with Crippen molar-refractivity contribution in [1.82, 2.24) is 0 Å². The number of carbonyl (C=O) groups is 2. The van der Waals surface area contributed by atoms with E-state index in [1.165, 1.54) is 36.4 Å². The van der Waals surface area contributed by atoms with Crippen LogP contribution in [0.3, 0.4) is 0 Å². The van der Waals surface area contributed by atoms with Crippen LogP contribution in [0.25, 0.3) is 6.08 Å². The molecule has 0 spiro atoms. The average Bonchev–Trinajstić information content (AvgIpc) is 3.09. The van der Waals surface area contributed by atoms with Gasteiger partial charge in [-0.15, -0.1) is 0 Å². The number of hydrogen-bond acceptors (Lipinski definition) is 5. The molecule has 0 saturated heterocycles. The van der Waals surface area contributed by atoms with E-state index in [2.05, 4.69) is 0 Å². The summed E-state index contributed by atoms with van der Waals surface area (Å²) in [5.74, 6) is -0.434. The Morgan fingerprint density at radius 2 is 1.81 bits per heavy atom. The topological polar surface area (TPSA) is 61.8 Å². The van der Waals surface area contributed by atoms with Gasteiger partial charge >= 0.3 is 5.97 Å². The second kappa shape index (κ2) is 7.81. The van der Waals surface area contributed by atoms with E-state index in [4.69, 9.17) is 14.2 Å². The van der Waals surface area contributed by atoms with Crippen LogP contribution in [0.15, 0.2) is 84.1 Å². The zero-order valence-corrected chi connectivity index (χ0v) is 17.0. The first-order valence-corrected chi connectivity index (χ1v) is 10.0. The summed E-state index contributed by atoms with van der Waals surface area (Å²) in [4.78, 5) is 25.1. The molecule has 3 aromatic carbocycles. The highest BCUT2D eigenvalue weighted by Gasteiger charge is 2.29. The molecule has 0 unspecified atom stereocenters. The summed E-state index contributed by atoms with van der Waals surface area (Å²) in [6.07, 6.45) is 3.36. The van der Waals surface area contributed by atoms with Crippen LogP contribution in [0.2, 0.25) is 0 Å². The van der Waals surface area contributed by atoms with Crippen molar-refractivity contribution in [2.45, 2.75) is 13.0 Å². The summed E-state index contributed by atoms with van der Waals surface area (Å²) in [5.41, 5.74) is 1.89. The van der Waals surface area contributed by atoms with Gasteiger partial charge in [0.25, 0.3) is 0 Å². The molecule has 2 heterocycles. The Bertz CT molecular complexity index is 1320. The summed E-state index contributed by atoms with van der Waals surface area (Å²) in [5, 5.41) is 0. The summed E-state index contributed by atoms with van der Waals surface area (Å²) in [7, 11) is 0. The van der Waals surface area contributed by atoms with Gasteiger partial charge in [0.15, 0.2) is 5.76 Å². The minimum atomic E-state index is -0.833. The molecule has 0 radical (unpaired) electrons. The molecule has 5 rings (SSSR count). The van der Waals surface area contributed by atoms with Crippen molar-refractivity contribution in [2.75, 3.05) is 0 Å². The van der Waals surface area contributed by atoms with E-state index in [9.17, 15) is 14.0 Å². The number of Topliss-reactive ketones (excluding diaryl/α,β-unsaturated/α-hetero) is 1. The lowest BCUT2D eigenvalue weighted by molar-refractivity contribution is 0.0729. The van der Waals surface area contributed by atoms with Crippen LogP contribution in [-0.2, 0) is 0 Å². The van der Waals surface area contributed by atoms with Crippen molar-refractivity contribution in [3.63, 3.8) is 0 Å². The van der Waals surface area contributed by atoms with Gasteiger partial charge in [0.2, 0.25) is 5.78 Å². The molecule has 0 bridgehead atoms. The first-order valence-electron chi connectivity index (χ1n) is 10.0. The molecule has 2 aliphatic heterocycles. The third-order valence-corrected chi connectivity index (χ3v) is 5.26. The van der Waals surface area contributed by atoms with Crippen molar-refractivity contribution < 1.29 is 28.2 Å². The number of fused-ring (bicyclic) bond motifs is 2. The fraction of sp³-hybridized carbons (Fsp3) is 0.0769. The highest BCUT2D eigenvalue weighted by Crippen LogP contribution is 2.36. The lowest BCUT2D eigenvalue weighted by Crippen LogP contribution is -2.18. The molecule has 0 saturated carbocycles. The normalized spacial score (nSPS) is 17.7. The van der Waals surface area contributed by atoms with Gasteiger partial charge in [0, 0.05) is 11.6 Å². The Labute approximate surface area is 183 Å². The van der Waals surface area contributed by atoms with Crippen LogP contribution in [0.1, 0.15) is 33.2 Å². The van der Waals surface area contributed by atoms with Crippen LogP contribution >= 0.6 is 0 Å². The Kier molecular flexibility index (Phi) is 4.82. The van der Waals surface area contributed by atoms with Crippen molar-refractivity contribution >= 4 is 17.8 Å². The molecule has 5 nitrogen and oxygen atoms in total. The van der Waals surface area contributed by atoms with Crippen LogP contribution in [-0.4, -0.2) is 17.9 Å². The van der Waals surface area contributed by atoms with Crippen LogP contribution < -0.4 is 14.2 Å². The van der Waals surface area contributed by atoms with Crippen LogP contribution in [0, 0.1) is 5.82 Å². The molecular formula is C26H17FO5. The van der Waals surface area contributed by atoms with Crippen molar-refractivity contribution in [2.24, 2.45) is 0 Å². The van der Waals surface area contributed by atoms with Crippen molar-refractivity contribution in [3.05, 3.63) is 107 Å². The highest BCUT2D eigenvalue weighted by molar-refractivity contribution is 6.12. The molecule has 2 aliphatic rings. The molecular weight excluding hydrogens is 411 g/mol. The standard InChI is InChI=1S/C26H17FO5/c1-15-17(12-16-6-2-5-9-22(16)30-15)13-24-25(28)20-11-10-18(14-23(20)32-24)31-26(29)19-7-3-4-8-21(19)27/h2-15H,1H3/b24-13-/t15-/m0/s1. The third-order valence-electron chi connectivity index (χ3n) is 5.26. The SMILES string of the molecule is C[C@@H]1Oc2ccccc2C=C1/C=C1\Oc2cc(OC(=O)c3ccccc3F)ccc2C1=O. The van der Waals surface area contributed by atoms with E-state index >= 15 is 0 Å². The highest BCUT2D eigenvalue weighted by atomic mass is 19.1. The second-order valence-corrected chi connectivity index (χ2v) is 7.41. The van der Waals surface area contributed by atoms with Gasteiger partial charge in [-0.1, -0.05) is 30.3 Å². The van der Waals surface area contributed by atoms with E-state index in [1.807, 2.05) is 37.3 Å². The van der Waals surface area contributed by atoms with Gasteiger partial charge < -0.3 is 14.2 Å². The number of allylic oxidation sites excluding steroid dienone is 1. The number of ether oxygens (including phenoxy) is 3. The van der Waals surface area contributed by atoms with Gasteiger partial charge in [-0.25, -0.2) is 9.18 Å². The first kappa shape index (κ1) is 19.8. The number of carbonyl (C=O) groups excluding carboxylic acids is 2. The van der Waals surface area contributed by atoms with E-state index in [0.717, 1.165) is 16.9 Å². The first-order chi connectivity index (χ1) is 15.5. The molecule has 158 valence electrons. The third kappa shape index (κ3) is 3.56. The lowest BCUT2D eigenvalue weighted by atomic mass is 10.0. The smallest absolute Gasteiger partial charge is 0.346 e. The number of rotatable bonds is 3. The maximum Gasteiger partial charge on any atom is 0.346 e. The molecule has 0 amide bonds. The van der Waals surface area contributed by atoms with Gasteiger partial charge in [0.05, 0.1) is 11.1 Å². The van der Waals surface area contributed by atoms with E-state index < -0.39 is 11.8 Å². The molecule has 0 fully saturated rings. The Morgan fingerprint density at radius 3 is 2.66 bits per heavy atom. The fourth-order valence-electron chi connectivity index (χ4n) is 3.59. The summed E-state index contributed by atoms with van der Waals surface area (Å²) >= 11 is 0. The monoisotopic (exact) mass is 428 g/mol. The number of para-hydroxylation sites is 1. The van der Waals surface area contributed by atoms with E-state index in [-0.39, 0.29) is 34.7 Å². The minimum absolute atomic E-state index is 0.147. The van der Waals surface area contributed by atoms with Gasteiger partial charge in [-0.3, -0.25) is 4.79 Å². The quantitative estimate of drug-likeness (QED) is 0.319. The minimum Gasteiger partial charge on any atom is -0.485 e. The zero-order valence-electron chi connectivity index (χ0n) is 17.0. The number of hydrogen-bond donors (Lipinski definition) is 0. The Morgan fingerprint density at radius 1 is 1.03 bits per heavy atom. The second-order valence-electron chi connectivity index (χ2n) is 7.41. The molecule has 0 N–H and O–H groups in total. The molecule has 32 heavy (non-hydrogen) atoms. The lowest BCUT2D eigenvalue weighted by Gasteiger charge is -2.22. The zero-order chi connectivity index (χ0) is 22.2. The summed E-state index contributed by atoms with van der Waals surface area (Å²) < 4.78 is 30.8. The largest absolute Gasteiger partial charge is 0.485 e. The Hall–Kier alpha value is -4.19. The summed E-state index contributed by atoms with van der Waals surface area (Å²) in [6, 6.07) is 17.6. The maximum atomic E-state index is 13.8. The number of halogens is 1. The average molecular weight is 428 g/mol. The van der Waals surface area contributed by atoms with Gasteiger partial charge in [-0.2, -0.15) is 0 Å². The fourth-order valence-corrected chi connectivity index (χ4v) is 3.59. The number of ketones is 1. The molecule has 1 atom stereocenters. The maximum absolute atomic E-state index is 13.8. The molecule has 6 heteroatoms. The molecule has 0 aliphatic carbocycles. The Balaban J connectivity index is 1.39. The molecule has 3 aromatic rings. The van der Waals surface area contributed by atoms with Crippen molar-refractivity contribution in [3.8, 4) is 17.2 Å².